The van der Waals surface area contributed by atoms with E-state index in [2.05, 4.69) is 23.7 Å². The van der Waals surface area contributed by atoms with Gasteiger partial charge in [-0.1, -0.05) is 13.0 Å². The number of methoxy groups -OCH3 is 1. The minimum Gasteiger partial charge on any atom is -0.461 e. The van der Waals surface area contributed by atoms with Gasteiger partial charge < -0.3 is 19.4 Å². The number of nitrogens with zero attached hydrogens (tertiary/aromatic N) is 1. The normalized spacial score (nSPS) is 18.8. The summed E-state index contributed by atoms with van der Waals surface area (Å²) in [4.78, 5) is 15.8. The monoisotopic (exact) mass is 348 g/mol. The Labute approximate surface area is 146 Å². The van der Waals surface area contributed by atoms with E-state index in [9.17, 15) is 4.79 Å². The molecular weight excluding hydrogens is 324 g/mol. The van der Waals surface area contributed by atoms with Gasteiger partial charge >= 0.3 is 6.03 Å². The molecule has 0 radical (unpaired) electrons. The van der Waals surface area contributed by atoms with Crippen molar-refractivity contribution in [2.45, 2.75) is 38.3 Å². The number of hydrogen-bond donors (Lipinski definition) is 1. The van der Waals surface area contributed by atoms with E-state index in [1.807, 2.05) is 23.1 Å². The van der Waals surface area contributed by atoms with Crippen LogP contribution in [0.3, 0.4) is 0 Å². The van der Waals surface area contributed by atoms with Gasteiger partial charge in [-0.3, -0.25) is 0 Å². The van der Waals surface area contributed by atoms with Gasteiger partial charge in [0, 0.05) is 31.0 Å². The van der Waals surface area contributed by atoms with Gasteiger partial charge in [0.15, 0.2) is 0 Å². The van der Waals surface area contributed by atoms with Crippen molar-refractivity contribution >= 4 is 17.4 Å². The van der Waals surface area contributed by atoms with Crippen molar-refractivity contribution in [2.24, 2.45) is 0 Å². The van der Waals surface area contributed by atoms with E-state index in [4.69, 9.17) is 9.15 Å². The molecule has 3 rings (SSSR count). The Morgan fingerprint density at radius 1 is 1.50 bits per heavy atom. The first-order valence-corrected chi connectivity index (χ1v) is 9.22. The molecule has 1 aliphatic heterocycles. The number of carbonyl (C=O) groups is 1. The molecule has 1 fully saturated rings. The second-order valence-corrected chi connectivity index (χ2v) is 7.17. The molecular formula is C18H24N2O3S. The van der Waals surface area contributed by atoms with Crippen LogP contribution in [0.5, 0.6) is 0 Å². The summed E-state index contributed by atoms with van der Waals surface area (Å²) in [5.74, 6) is 1.97. The number of hydrogen-bond acceptors (Lipinski definition) is 4. The van der Waals surface area contributed by atoms with Gasteiger partial charge in [-0.15, -0.1) is 11.3 Å². The van der Waals surface area contributed by atoms with Crippen molar-refractivity contribution in [1.82, 2.24) is 10.2 Å². The van der Waals surface area contributed by atoms with Gasteiger partial charge in [0.05, 0.1) is 6.04 Å². The third kappa shape index (κ3) is 3.82. The summed E-state index contributed by atoms with van der Waals surface area (Å²) in [6.45, 7) is 4.01. The number of urea groups is 1. The molecule has 1 N–H and O–H groups in total. The third-order valence-electron chi connectivity index (χ3n) is 4.40. The lowest BCUT2D eigenvalue weighted by Gasteiger charge is -2.24. The Hall–Kier alpha value is -1.79. The second-order valence-electron chi connectivity index (χ2n) is 6.19. The number of ether oxygens (including phenoxy) is 1. The van der Waals surface area contributed by atoms with Crippen molar-refractivity contribution in [3.05, 3.63) is 46.0 Å². The molecule has 24 heavy (non-hydrogen) atoms. The van der Waals surface area contributed by atoms with Crippen LogP contribution in [0, 0.1) is 0 Å². The van der Waals surface area contributed by atoms with E-state index in [-0.39, 0.29) is 12.1 Å². The maximum Gasteiger partial charge on any atom is 0.318 e. The third-order valence-corrected chi connectivity index (χ3v) is 5.50. The number of thiophene rings is 1. The molecule has 2 aromatic rings. The molecule has 0 spiro atoms. The minimum absolute atomic E-state index is 0.00871. The first-order chi connectivity index (χ1) is 11.7. The summed E-state index contributed by atoms with van der Waals surface area (Å²) in [6.07, 6.45) is 1.94. The summed E-state index contributed by atoms with van der Waals surface area (Å²) in [7, 11) is 1.65. The topological polar surface area (TPSA) is 54.7 Å². The van der Waals surface area contributed by atoms with E-state index in [1.165, 1.54) is 4.88 Å². The summed E-state index contributed by atoms with van der Waals surface area (Å²) in [6, 6.07) is 8.05. The maximum atomic E-state index is 12.6. The Balaban J connectivity index is 1.58. The first-order valence-electron chi connectivity index (χ1n) is 8.34. The predicted molar refractivity (Wildman–Crippen MR) is 94.2 cm³/mol. The molecule has 5 nitrogen and oxygen atoms in total. The van der Waals surface area contributed by atoms with E-state index < -0.39 is 0 Å². The zero-order chi connectivity index (χ0) is 16.9. The molecule has 130 valence electrons. The van der Waals surface area contributed by atoms with Crippen molar-refractivity contribution < 1.29 is 13.9 Å². The van der Waals surface area contributed by atoms with Crippen molar-refractivity contribution in [2.75, 3.05) is 20.2 Å². The molecule has 3 heterocycles. The van der Waals surface area contributed by atoms with Crippen molar-refractivity contribution in [3.63, 3.8) is 0 Å². The summed E-state index contributed by atoms with van der Waals surface area (Å²) in [5, 5.41) is 5.14. The maximum absolute atomic E-state index is 12.6. The fourth-order valence-electron chi connectivity index (χ4n) is 3.11. The minimum atomic E-state index is -0.00871. The van der Waals surface area contributed by atoms with Gasteiger partial charge in [-0.05, 0) is 36.4 Å². The molecule has 2 amide bonds. The average molecular weight is 348 g/mol. The number of nitrogens with one attached hydrogen (secondary N) is 1. The average Bonchev–Trinajstić information content (AvgIpc) is 3.32. The molecule has 2 aromatic heterocycles. The van der Waals surface area contributed by atoms with Gasteiger partial charge in [-0.2, -0.15) is 0 Å². The SMILES string of the molecule is COCc1ccc([C@@H]2CCCN2C(=O)NC[C@@H](C)c2cccs2)o1. The number of rotatable bonds is 6. The van der Waals surface area contributed by atoms with Gasteiger partial charge in [-0.25, -0.2) is 4.79 Å². The molecule has 0 aromatic carbocycles. The highest BCUT2D eigenvalue weighted by molar-refractivity contribution is 7.10. The first kappa shape index (κ1) is 17.0. The Morgan fingerprint density at radius 2 is 2.38 bits per heavy atom. The zero-order valence-corrected chi connectivity index (χ0v) is 15.0. The van der Waals surface area contributed by atoms with Crippen LogP contribution in [0.2, 0.25) is 0 Å². The second kappa shape index (κ2) is 7.85. The molecule has 0 bridgehead atoms. The smallest absolute Gasteiger partial charge is 0.318 e. The number of furan rings is 1. The van der Waals surface area contributed by atoms with Crippen LogP contribution in [0.1, 0.15) is 48.1 Å². The molecule has 1 saturated heterocycles. The van der Waals surface area contributed by atoms with Gasteiger partial charge in [0.25, 0.3) is 0 Å². The fraction of sp³-hybridized carbons (Fsp3) is 0.500. The highest BCUT2D eigenvalue weighted by atomic mass is 32.1. The van der Waals surface area contributed by atoms with Gasteiger partial charge in [0.2, 0.25) is 0 Å². The van der Waals surface area contributed by atoms with Crippen LogP contribution < -0.4 is 5.32 Å². The molecule has 0 saturated carbocycles. The molecule has 1 aliphatic rings. The van der Waals surface area contributed by atoms with E-state index >= 15 is 0 Å². The quantitative estimate of drug-likeness (QED) is 0.854. The molecule has 6 heteroatoms. The summed E-state index contributed by atoms with van der Waals surface area (Å²) < 4.78 is 10.9. The van der Waals surface area contributed by atoms with Crippen molar-refractivity contribution in [3.8, 4) is 0 Å². The van der Waals surface area contributed by atoms with Crippen LogP contribution >= 0.6 is 11.3 Å². The van der Waals surface area contributed by atoms with Gasteiger partial charge in [0.1, 0.15) is 18.1 Å². The van der Waals surface area contributed by atoms with Crippen LogP contribution in [-0.2, 0) is 11.3 Å². The molecule has 2 atom stereocenters. The number of amides is 2. The number of likely N-dealkylation sites (tertiary alicyclic amines) is 1. The summed E-state index contributed by atoms with van der Waals surface area (Å²) in [5.41, 5.74) is 0. The van der Waals surface area contributed by atoms with E-state index in [0.29, 0.717) is 19.1 Å². The van der Waals surface area contributed by atoms with Crippen LogP contribution in [0.25, 0.3) is 0 Å². The van der Waals surface area contributed by atoms with Crippen LogP contribution in [0.4, 0.5) is 4.79 Å². The van der Waals surface area contributed by atoms with Crippen LogP contribution in [0.15, 0.2) is 34.1 Å². The van der Waals surface area contributed by atoms with Crippen LogP contribution in [-0.4, -0.2) is 31.1 Å². The zero-order valence-electron chi connectivity index (χ0n) is 14.2. The lowest BCUT2D eigenvalue weighted by Crippen LogP contribution is -2.40. The lowest BCUT2D eigenvalue weighted by atomic mass is 10.1. The Kier molecular flexibility index (Phi) is 5.58. The highest BCUT2D eigenvalue weighted by Gasteiger charge is 2.32. The lowest BCUT2D eigenvalue weighted by molar-refractivity contribution is 0.156. The Morgan fingerprint density at radius 3 is 3.12 bits per heavy atom. The fourth-order valence-corrected chi connectivity index (χ4v) is 3.90. The molecule has 0 unspecified atom stereocenters. The predicted octanol–water partition coefficient (Wildman–Crippen LogP) is 4.14. The standard InChI is InChI=1S/C18H24N2O3S/c1-13(17-6-4-10-24-17)11-19-18(21)20-9-3-5-15(20)16-8-7-14(23-16)12-22-2/h4,6-8,10,13,15H,3,5,9,11-12H2,1-2H3,(H,19,21)/t13-,15+/m1/s1. The number of carbonyl (C=O) groups excluding carboxylic acids is 1. The van der Waals surface area contributed by atoms with E-state index in [1.54, 1.807) is 18.4 Å². The highest BCUT2D eigenvalue weighted by Crippen LogP contribution is 2.33. The largest absolute Gasteiger partial charge is 0.461 e. The Bertz CT molecular complexity index is 653. The molecule has 0 aliphatic carbocycles. The van der Waals surface area contributed by atoms with Crippen molar-refractivity contribution in [1.29, 1.82) is 0 Å². The summed E-state index contributed by atoms with van der Waals surface area (Å²) >= 11 is 1.73. The van der Waals surface area contributed by atoms with E-state index in [0.717, 1.165) is 30.9 Å².